The number of anilines is 1. The van der Waals surface area contributed by atoms with Gasteiger partial charge in [-0.3, -0.25) is 4.98 Å². The van der Waals surface area contributed by atoms with Gasteiger partial charge < -0.3 is 4.90 Å². The summed E-state index contributed by atoms with van der Waals surface area (Å²) < 4.78 is 0. The minimum Gasteiger partial charge on any atom is -0.370 e. The molecule has 0 saturated carbocycles. The molecule has 0 atom stereocenters. The second-order valence-corrected chi connectivity index (χ2v) is 6.47. The third-order valence-electron chi connectivity index (χ3n) is 4.59. The molecule has 118 valence electrons. The van der Waals surface area contributed by atoms with Crippen molar-refractivity contribution in [3.05, 3.63) is 59.2 Å². The van der Waals surface area contributed by atoms with Crippen molar-refractivity contribution in [2.75, 3.05) is 18.0 Å². The van der Waals surface area contributed by atoms with Crippen molar-refractivity contribution >= 4 is 28.2 Å². The van der Waals surface area contributed by atoms with Gasteiger partial charge in [-0.15, -0.1) is 0 Å². The summed E-state index contributed by atoms with van der Waals surface area (Å²) in [4.78, 5) is 6.63. The van der Waals surface area contributed by atoms with Gasteiger partial charge in [0.2, 0.25) is 0 Å². The largest absolute Gasteiger partial charge is 0.370 e. The summed E-state index contributed by atoms with van der Waals surface area (Å²) in [6.45, 7) is 2.07. The second-order valence-electron chi connectivity index (χ2n) is 6.06. The monoisotopic (exact) mass is 333 g/mol. The maximum absolute atomic E-state index is 9.56. The molecule has 3 aromatic rings. The molecule has 4 rings (SSSR count). The normalized spacial score (nSPS) is 14.1. The summed E-state index contributed by atoms with van der Waals surface area (Å²) in [5, 5.41) is 11.2. The van der Waals surface area contributed by atoms with Gasteiger partial charge in [0.15, 0.2) is 0 Å². The van der Waals surface area contributed by atoms with E-state index in [0.29, 0.717) is 5.02 Å². The van der Waals surface area contributed by atoms with Gasteiger partial charge in [0.05, 0.1) is 21.8 Å². The number of nitriles is 1. The number of hydrogen-bond donors (Lipinski definition) is 0. The Bertz CT molecular complexity index is 953. The summed E-state index contributed by atoms with van der Waals surface area (Å²) >= 11 is 6.29. The number of nitrogens with zero attached hydrogens (tertiary/aromatic N) is 3. The SMILES string of the molecule is N#Cc1cc(-c2ccc3nccc(Cl)c3c2)ccc1N1CCCC1. The first-order chi connectivity index (χ1) is 11.8. The van der Waals surface area contributed by atoms with Gasteiger partial charge in [0, 0.05) is 24.7 Å². The van der Waals surface area contributed by atoms with Gasteiger partial charge in [0.25, 0.3) is 0 Å². The first-order valence-electron chi connectivity index (χ1n) is 8.10. The number of fused-ring (bicyclic) bond motifs is 1. The van der Waals surface area contributed by atoms with Gasteiger partial charge >= 0.3 is 0 Å². The quantitative estimate of drug-likeness (QED) is 0.660. The molecule has 2 heterocycles. The Morgan fingerprint density at radius 1 is 1.00 bits per heavy atom. The van der Waals surface area contributed by atoms with Crippen LogP contribution in [0.15, 0.2) is 48.7 Å². The maximum atomic E-state index is 9.56. The summed E-state index contributed by atoms with van der Waals surface area (Å²) in [7, 11) is 0. The molecule has 1 fully saturated rings. The molecule has 4 heteroatoms. The zero-order chi connectivity index (χ0) is 16.5. The van der Waals surface area contributed by atoms with Crippen LogP contribution in [0.1, 0.15) is 18.4 Å². The fourth-order valence-electron chi connectivity index (χ4n) is 3.33. The standard InChI is InChI=1S/C20H16ClN3/c21-18-7-8-23-19-5-3-15(12-17(18)19)14-4-6-20(16(11-14)13-22)24-9-1-2-10-24/h3-8,11-12H,1-2,9-10H2. The summed E-state index contributed by atoms with van der Waals surface area (Å²) in [6, 6.07) is 16.3. The van der Waals surface area contributed by atoms with Crippen LogP contribution in [0.3, 0.4) is 0 Å². The van der Waals surface area contributed by atoms with E-state index in [4.69, 9.17) is 11.6 Å². The van der Waals surface area contributed by atoms with Gasteiger partial charge in [0.1, 0.15) is 6.07 Å². The van der Waals surface area contributed by atoms with Crippen molar-refractivity contribution < 1.29 is 0 Å². The van der Waals surface area contributed by atoms with Crippen molar-refractivity contribution in [2.45, 2.75) is 12.8 Å². The maximum Gasteiger partial charge on any atom is 0.101 e. The van der Waals surface area contributed by atoms with E-state index < -0.39 is 0 Å². The molecule has 24 heavy (non-hydrogen) atoms. The summed E-state index contributed by atoms with van der Waals surface area (Å²) in [6.07, 6.45) is 4.11. The molecular formula is C20H16ClN3. The van der Waals surface area contributed by atoms with E-state index >= 15 is 0 Å². The molecule has 0 radical (unpaired) electrons. The van der Waals surface area contributed by atoms with Crippen molar-refractivity contribution in [2.24, 2.45) is 0 Å². The Kier molecular flexibility index (Phi) is 3.84. The van der Waals surface area contributed by atoms with Gasteiger partial charge in [-0.2, -0.15) is 5.26 Å². The van der Waals surface area contributed by atoms with E-state index in [0.717, 1.165) is 46.4 Å². The Morgan fingerprint density at radius 3 is 2.54 bits per heavy atom. The lowest BCUT2D eigenvalue weighted by atomic mass is 10.00. The van der Waals surface area contributed by atoms with Crippen LogP contribution in [-0.4, -0.2) is 18.1 Å². The Balaban J connectivity index is 1.79. The van der Waals surface area contributed by atoms with Crippen LogP contribution in [0, 0.1) is 11.3 Å². The summed E-state index contributed by atoms with van der Waals surface area (Å²) in [5.41, 5.74) is 4.71. The Hall–Kier alpha value is -2.57. The zero-order valence-electron chi connectivity index (χ0n) is 13.2. The number of hydrogen-bond acceptors (Lipinski definition) is 3. The molecule has 0 aliphatic carbocycles. The van der Waals surface area contributed by atoms with E-state index in [2.05, 4.69) is 28.1 Å². The Morgan fingerprint density at radius 2 is 1.75 bits per heavy atom. The van der Waals surface area contributed by atoms with E-state index in [1.807, 2.05) is 24.3 Å². The predicted molar refractivity (Wildman–Crippen MR) is 98.4 cm³/mol. The van der Waals surface area contributed by atoms with Crippen molar-refractivity contribution in [3.63, 3.8) is 0 Å². The highest BCUT2D eigenvalue weighted by Gasteiger charge is 2.16. The lowest BCUT2D eigenvalue weighted by molar-refractivity contribution is 0.949. The first kappa shape index (κ1) is 15.0. The fraction of sp³-hybridized carbons (Fsp3) is 0.200. The molecule has 1 aliphatic rings. The van der Waals surface area contributed by atoms with E-state index in [1.54, 1.807) is 12.3 Å². The molecule has 0 N–H and O–H groups in total. The molecule has 3 nitrogen and oxygen atoms in total. The Labute approximate surface area is 146 Å². The highest BCUT2D eigenvalue weighted by atomic mass is 35.5. The van der Waals surface area contributed by atoms with Crippen molar-refractivity contribution in [1.82, 2.24) is 4.98 Å². The average molecular weight is 334 g/mol. The van der Waals surface area contributed by atoms with Crippen LogP contribution in [-0.2, 0) is 0 Å². The van der Waals surface area contributed by atoms with Gasteiger partial charge in [-0.1, -0.05) is 23.7 Å². The smallest absolute Gasteiger partial charge is 0.101 e. The zero-order valence-corrected chi connectivity index (χ0v) is 13.9. The van der Waals surface area contributed by atoms with Crippen LogP contribution < -0.4 is 4.90 Å². The van der Waals surface area contributed by atoms with E-state index in [1.165, 1.54) is 12.8 Å². The predicted octanol–water partition coefficient (Wildman–Crippen LogP) is 5.03. The first-order valence-corrected chi connectivity index (χ1v) is 8.48. The van der Waals surface area contributed by atoms with Crippen LogP contribution in [0.2, 0.25) is 5.02 Å². The van der Waals surface area contributed by atoms with Crippen LogP contribution >= 0.6 is 11.6 Å². The lowest BCUT2D eigenvalue weighted by Crippen LogP contribution is -2.18. The highest BCUT2D eigenvalue weighted by Crippen LogP contribution is 2.32. The topological polar surface area (TPSA) is 39.9 Å². The molecule has 0 spiro atoms. The second kappa shape index (κ2) is 6.14. The van der Waals surface area contributed by atoms with Crippen LogP contribution in [0.4, 0.5) is 5.69 Å². The van der Waals surface area contributed by atoms with Crippen molar-refractivity contribution in [3.8, 4) is 17.2 Å². The summed E-state index contributed by atoms with van der Waals surface area (Å²) in [5.74, 6) is 0. The number of halogens is 1. The third-order valence-corrected chi connectivity index (χ3v) is 4.92. The lowest BCUT2D eigenvalue weighted by Gasteiger charge is -2.19. The molecule has 1 aliphatic heterocycles. The molecular weight excluding hydrogens is 318 g/mol. The van der Waals surface area contributed by atoms with Crippen LogP contribution in [0.25, 0.3) is 22.0 Å². The van der Waals surface area contributed by atoms with E-state index in [-0.39, 0.29) is 0 Å². The van der Waals surface area contributed by atoms with E-state index in [9.17, 15) is 5.26 Å². The molecule has 1 aromatic heterocycles. The molecule has 0 amide bonds. The van der Waals surface area contributed by atoms with Crippen LogP contribution in [0.5, 0.6) is 0 Å². The number of aromatic nitrogens is 1. The third kappa shape index (κ3) is 2.60. The molecule has 0 bridgehead atoms. The minimum atomic E-state index is 0.691. The minimum absolute atomic E-state index is 0.691. The number of rotatable bonds is 2. The molecule has 2 aromatic carbocycles. The number of pyridine rings is 1. The van der Waals surface area contributed by atoms with Gasteiger partial charge in [-0.05, 0) is 54.3 Å². The fourth-order valence-corrected chi connectivity index (χ4v) is 3.54. The molecule has 1 saturated heterocycles. The number of benzene rings is 2. The average Bonchev–Trinajstić information content (AvgIpc) is 3.16. The highest BCUT2D eigenvalue weighted by molar-refractivity contribution is 6.35. The van der Waals surface area contributed by atoms with Crippen molar-refractivity contribution in [1.29, 1.82) is 5.26 Å². The molecule has 0 unspecified atom stereocenters. The van der Waals surface area contributed by atoms with Gasteiger partial charge in [-0.25, -0.2) is 0 Å².